The van der Waals surface area contributed by atoms with Crippen molar-refractivity contribution in [3.63, 3.8) is 0 Å². The molecule has 0 aliphatic heterocycles. The molecule has 1 aromatic carbocycles. The molecule has 0 bridgehead atoms. The Balaban J connectivity index is 1.83. The van der Waals surface area contributed by atoms with Gasteiger partial charge in [-0.1, -0.05) is 29.3 Å². The number of amides is 1. The number of carbonyl (C=O) groups is 1. The van der Waals surface area contributed by atoms with Gasteiger partial charge in [-0.05, 0) is 69.5 Å². The zero-order valence-corrected chi connectivity index (χ0v) is 19.2. The van der Waals surface area contributed by atoms with Crippen LogP contribution < -0.4 is 5.32 Å². The molecule has 0 aliphatic carbocycles. The summed E-state index contributed by atoms with van der Waals surface area (Å²) in [6.07, 6.45) is 0. The Hall–Kier alpha value is -0.860. The smallest absolute Gasteiger partial charge is 0.265 e. The molecule has 9 heteroatoms. The fourth-order valence-electron chi connectivity index (χ4n) is 2.48. The maximum absolute atomic E-state index is 12.5. The number of aryl methyl sites for hydroxylation is 1. The van der Waals surface area contributed by atoms with Crippen molar-refractivity contribution < 1.29 is 4.79 Å². The minimum Gasteiger partial charge on any atom is -0.318 e. The number of nitrogens with zero attached hydrogens (tertiary/aromatic N) is 2. The van der Waals surface area contributed by atoms with E-state index >= 15 is 0 Å². The Bertz CT molecular complexity index is 981. The van der Waals surface area contributed by atoms with Gasteiger partial charge in [0.1, 0.15) is 0 Å². The fraction of sp³-hybridized carbons (Fsp3) is 0.176. The molecular formula is C17H13Br2Cl2N3OS. The number of rotatable bonds is 4. The molecule has 0 saturated heterocycles. The molecule has 3 aromatic rings. The lowest BCUT2D eigenvalue weighted by atomic mass is 10.2. The number of carbonyl (C=O) groups excluding carboxylic acids is 1. The summed E-state index contributed by atoms with van der Waals surface area (Å²) in [7, 11) is 0. The van der Waals surface area contributed by atoms with Gasteiger partial charge in [-0.25, -0.2) is 0 Å². The Morgan fingerprint density at radius 1 is 1.23 bits per heavy atom. The average molecular weight is 538 g/mol. The van der Waals surface area contributed by atoms with Gasteiger partial charge in [-0.2, -0.15) is 5.10 Å². The largest absolute Gasteiger partial charge is 0.318 e. The van der Waals surface area contributed by atoms with E-state index in [9.17, 15) is 4.79 Å². The summed E-state index contributed by atoms with van der Waals surface area (Å²) in [6.45, 7) is 4.33. The van der Waals surface area contributed by atoms with Gasteiger partial charge < -0.3 is 5.32 Å². The molecule has 0 atom stereocenters. The maximum Gasteiger partial charge on any atom is 0.265 e. The molecule has 1 amide bonds. The van der Waals surface area contributed by atoms with Gasteiger partial charge in [-0.3, -0.25) is 9.48 Å². The highest BCUT2D eigenvalue weighted by molar-refractivity contribution is 9.13. The second-order valence-electron chi connectivity index (χ2n) is 5.64. The first-order valence-electron chi connectivity index (χ1n) is 7.50. The van der Waals surface area contributed by atoms with Gasteiger partial charge in [0.05, 0.1) is 42.3 Å². The molecule has 26 heavy (non-hydrogen) atoms. The van der Waals surface area contributed by atoms with Gasteiger partial charge in [0, 0.05) is 4.47 Å². The third-order valence-corrected chi connectivity index (χ3v) is 7.80. The highest BCUT2D eigenvalue weighted by atomic mass is 79.9. The van der Waals surface area contributed by atoms with E-state index in [4.69, 9.17) is 23.2 Å². The van der Waals surface area contributed by atoms with Crippen LogP contribution in [0.15, 0.2) is 32.5 Å². The molecule has 1 N–H and O–H groups in total. The first kappa shape index (κ1) is 19.9. The normalized spacial score (nSPS) is 11.0. The topological polar surface area (TPSA) is 46.9 Å². The summed E-state index contributed by atoms with van der Waals surface area (Å²) < 4.78 is 3.58. The van der Waals surface area contributed by atoms with Gasteiger partial charge in [-0.15, -0.1) is 11.3 Å². The van der Waals surface area contributed by atoms with Crippen LogP contribution in [0.25, 0.3) is 0 Å². The number of nitrogens with one attached hydrogen (secondary N) is 1. The molecule has 0 unspecified atom stereocenters. The van der Waals surface area contributed by atoms with Crippen LogP contribution >= 0.6 is 66.4 Å². The molecule has 3 rings (SSSR count). The minimum atomic E-state index is -0.165. The molecular weight excluding hydrogens is 525 g/mol. The number of aromatic nitrogens is 2. The zero-order valence-electron chi connectivity index (χ0n) is 13.7. The Labute approximate surface area is 181 Å². The van der Waals surface area contributed by atoms with Crippen molar-refractivity contribution in [2.24, 2.45) is 0 Å². The third kappa shape index (κ3) is 4.17. The maximum atomic E-state index is 12.5. The first-order chi connectivity index (χ1) is 12.3. The van der Waals surface area contributed by atoms with Gasteiger partial charge in [0.25, 0.3) is 5.91 Å². The molecule has 0 radical (unpaired) electrons. The molecule has 0 aliphatic rings. The number of hydrogen-bond acceptors (Lipinski definition) is 3. The van der Waals surface area contributed by atoms with Crippen molar-refractivity contribution in [3.8, 4) is 0 Å². The van der Waals surface area contributed by atoms with E-state index in [1.165, 1.54) is 11.3 Å². The highest BCUT2D eigenvalue weighted by Gasteiger charge is 2.18. The molecule has 0 spiro atoms. The highest BCUT2D eigenvalue weighted by Crippen LogP contribution is 2.33. The molecule has 136 valence electrons. The number of anilines is 1. The van der Waals surface area contributed by atoms with Crippen molar-refractivity contribution in [2.45, 2.75) is 20.4 Å². The predicted octanol–water partition coefficient (Wildman–Crippen LogP) is 6.69. The Kier molecular flexibility index (Phi) is 6.14. The van der Waals surface area contributed by atoms with E-state index in [1.54, 1.807) is 12.1 Å². The van der Waals surface area contributed by atoms with E-state index in [0.29, 0.717) is 21.5 Å². The van der Waals surface area contributed by atoms with E-state index in [2.05, 4.69) is 42.3 Å². The van der Waals surface area contributed by atoms with Crippen molar-refractivity contribution in [2.75, 3.05) is 5.32 Å². The summed E-state index contributed by atoms with van der Waals surface area (Å²) in [5, 5.41) is 8.53. The number of thiophene rings is 1. The fourth-order valence-corrected chi connectivity index (χ4v) is 4.73. The molecule has 0 fully saturated rings. The lowest BCUT2D eigenvalue weighted by Crippen LogP contribution is -2.12. The average Bonchev–Trinajstić information content (AvgIpc) is 3.05. The molecule has 2 aromatic heterocycles. The number of hydrogen-bond donors (Lipinski definition) is 1. The van der Waals surface area contributed by atoms with Crippen molar-refractivity contribution in [1.29, 1.82) is 0 Å². The van der Waals surface area contributed by atoms with Crippen LogP contribution in [-0.2, 0) is 6.54 Å². The monoisotopic (exact) mass is 535 g/mol. The number of halogens is 4. The Morgan fingerprint density at radius 2 is 1.96 bits per heavy atom. The van der Waals surface area contributed by atoms with E-state index in [0.717, 1.165) is 30.9 Å². The van der Waals surface area contributed by atoms with Crippen LogP contribution in [0, 0.1) is 13.8 Å². The third-order valence-electron chi connectivity index (χ3n) is 3.81. The van der Waals surface area contributed by atoms with E-state index in [-0.39, 0.29) is 5.91 Å². The van der Waals surface area contributed by atoms with Crippen molar-refractivity contribution in [1.82, 2.24) is 9.78 Å². The first-order valence-corrected chi connectivity index (χ1v) is 10.7. The quantitative estimate of drug-likeness (QED) is 0.403. The molecule has 0 saturated carbocycles. The summed E-state index contributed by atoms with van der Waals surface area (Å²) >= 11 is 20.2. The minimum absolute atomic E-state index is 0.165. The summed E-state index contributed by atoms with van der Waals surface area (Å²) in [6, 6.07) is 7.28. The lowest BCUT2D eigenvalue weighted by molar-refractivity contribution is 0.103. The summed E-state index contributed by atoms with van der Waals surface area (Å²) in [5.74, 6) is -0.165. The van der Waals surface area contributed by atoms with Crippen LogP contribution in [-0.4, -0.2) is 15.7 Å². The van der Waals surface area contributed by atoms with Crippen LogP contribution in [0.2, 0.25) is 10.0 Å². The van der Waals surface area contributed by atoms with Crippen LogP contribution in [0.1, 0.15) is 26.6 Å². The van der Waals surface area contributed by atoms with Crippen LogP contribution in [0.5, 0.6) is 0 Å². The zero-order chi connectivity index (χ0) is 19.0. The van der Waals surface area contributed by atoms with Gasteiger partial charge >= 0.3 is 0 Å². The molecule has 4 nitrogen and oxygen atoms in total. The second-order valence-corrected chi connectivity index (χ2v) is 9.68. The SMILES string of the molecule is Cc1nn(Cc2ccc(Cl)c(Cl)c2)c(C)c1NC(=O)c1cc(Br)c(Br)s1. The number of benzene rings is 1. The van der Waals surface area contributed by atoms with Crippen molar-refractivity contribution >= 4 is 78.0 Å². The van der Waals surface area contributed by atoms with Crippen LogP contribution in [0.4, 0.5) is 5.69 Å². The lowest BCUT2D eigenvalue weighted by Gasteiger charge is -2.07. The Morgan fingerprint density at radius 3 is 2.58 bits per heavy atom. The van der Waals surface area contributed by atoms with Gasteiger partial charge in [0.2, 0.25) is 0 Å². The summed E-state index contributed by atoms with van der Waals surface area (Å²) in [4.78, 5) is 13.1. The standard InChI is InChI=1S/C17H13Br2Cl2N3OS/c1-8-15(22-17(25)14-6-11(18)16(19)26-14)9(2)24(23-8)7-10-3-4-12(20)13(21)5-10/h3-6H,7H2,1-2H3,(H,22,25). The van der Waals surface area contributed by atoms with E-state index < -0.39 is 0 Å². The van der Waals surface area contributed by atoms with E-state index in [1.807, 2.05) is 30.7 Å². The second kappa shape index (κ2) is 8.02. The summed E-state index contributed by atoms with van der Waals surface area (Å²) in [5.41, 5.74) is 3.33. The predicted molar refractivity (Wildman–Crippen MR) is 115 cm³/mol. The van der Waals surface area contributed by atoms with Crippen LogP contribution in [0.3, 0.4) is 0 Å². The molecule has 2 heterocycles. The van der Waals surface area contributed by atoms with Gasteiger partial charge in [0.15, 0.2) is 0 Å². The van der Waals surface area contributed by atoms with Crippen molar-refractivity contribution in [3.05, 3.63) is 64.4 Å².